The van der Waals surface area contributed by atoms with Crippen molar-refractivity contribution in [1.29, 1.82) is 0 Å². The first-order valence-electron chi connectivity index (χ1n) is 11.0. The van der Waals surface area contributed by atoms with Crippen molar-refractivity contribution in [1.82, 2.24) is 19.2 Å². The van der Waals surface area contributed by atoms with Gasteiger partial charge in [0.15, 0.2) is 0 Å². The maximum Gasteiger partial charge on any atom is 0.257 e. The lowest BCUT2D eigenvalue weighted by Crippen LogP contribution is -2.52. The standard InChI is InChI=1S/C24H27FN4O/c25-19-10-8-18(9-11-19)22-17-29-12-4-7-21(23(29)26-22)24(30)28-15-13-27(14-16-28)20-5-2-1-3-6-20/h4,7-12,17,20H,1-3,5-6,13-16H2. The molecule has 3 heterocycles. The van der Waals surface area contributed by atoms with Gasteiger partial charge in [0.05, 0.1) is 11.3 Å². The van der Waals surface area contributed by atoms with Crippen LogP contribution in [0.25, 0.3) is 16.9 Å². The van der Waals surface area contributed by atoms with Crippen LogP contribution in [0.4, 0.5) is 4.39 Å². The first-order valence-corrected chi connectivity index (χ1v) is 11.0. The number of hydrogen-bond acceptors (Lipinski definition) is 3. The van der Waals surface area contributed by atoms with Crippen LogP contribution in [0.5, 0.6) is 0 Å². The van der Waals surface area contributed by atoms with Gasteiger partial charge in [0.2, 0.25) is 0 Å². The quantitative estimate of drug-likeness (QED) is 0.654. The fraction of sp³-hybridized carbons (Fsp3) is 0.417. The van der Waals surface area contributed by atoms with Crippen molar-refractivity contribution in [3.63, 3.8) is 0 Å². The molecule has 6 heteroatoms. The summed E-state index contributed by atoms with van der Waals surface area (Å²) in [5, 5.41) is 0. The molecule has 1 amide bonds. The summed E-state index contributed by atoms with van der Waals surface area (Å²) in [5.41, 5.74) is 2.84. The molecule has 5 nitrogen and oxygen atoms in total. The number of carbonyl (C=O) groups excluding carboxylic acids is 1. The van der Waals surface area contributed by atoms with Gasteiger partial charge in [-0.1, -0.05) is 19.3 Å². The lowest BCUT2D eigenvalue weighted by molar-refractivity contribution is 0.0524. The van der Waals surface area contributed by atoms with Crippen molar-refractivity contribution in [3.05, 3.63) is 60.2 Å². The fourth-order valence-electron chi connectivity index (χ4n) is 4.85. The van der Waals surface area contributed by atoms with E-state index in [-0.39, 0.29) is 11.7 Å². The Balaban J connectivity index is 1.34. The van der Waals surface area contributed by atoms with Gasteiger partial charge in [0.1, 0.15) is 11.5 Å². The molecule has 2 fully saturated rings. The van der Waals surface area contributed by atoms with Crippen LogP contribution in [0.1, 0.15) is 42.5 Å². The molecule has 156 valence electrons. The normalized spacial score (nSPS) is 18.8. The van der Waals surface area contributed by atoms with Crippen molar-refractivity contribution in [3.8, 4) is 11.3 Å². The van der Waals surface area contributed by atoms with Crippen molar-refractivity contribution in [2.45, 2.75) is 38.1 Å². The van der Waals surface area contributed by atoms with Gasteiger partial charge in [0.25, 0.3) is 5.91 Å². The van der Waals surface area contributed by atoms with E-state index in [4.69, 9.17) is 4.98 Å². The van der Waals surface area contributed by atoms with Gasteiger partial charge < -0.3 is 9.30 Å². The number of rotatable bonds is 3. The Morgan fingerprint density at radius 2 is 1.70 bits per heavy atom. The highest BCUT2D eigenvalue weighted by Crippen LogP contribution is 2.25. The van der Waals surface area contributed by atoms with Gasteiger partial charge in [-0.2, -0.15) is 0 Å². The number of amides is 1. The molecule has 2 aliphatic rings. The van der Waals surface area contributed by atoms with Crippen LogP contribution >= 0.6 is 0 Å². The molecule has 1 aliphatic heterocycles. The highest BCUT2D eigenvalue weighted by molar-refractivity contribution is 6.00. The first-order chi connectivity index (χ1) is 14.7. The number of nitrogens with zero attached hydrogens (tertiary/aromatic N) is 4. The number of imidazole rings is 1. The number of pyridine rings is 1. The highest BCUT2D eigenvalue weighted by atomic mass is 19.1. The lowest BCUT2D eigenvalue weighted by atomic mass is 9.94. The van der Waals surface area contributed by atoms with Crippen LogP contribution in [0.15, 0.2) is 48.8 Å². The van der Waals surface area contributed by atoms with E-state index >= 15 is 0 Å². The van der Waals surface area contributed by atoms with Crippen molar-refractivity contribution >= 4 is 11.6 Å². The van der Waals surface area contributed by atoms with E-state index in [9.17, 15) is 9.18 Å². The Morgan fingerprint density at radius 3 is 2.43 bits per heavy atom. The van der Waals surface area contributed by atoms with E-state index in [0.29, 0.717) is 17.3 Å². The average Bonchev–Trinajstić information content (AvgIpc) is 3.24. The maximum atomic E-state index is 13.3. The van der Waals surface area contributed by atoms with Gasteiger partial charge in [-0.3, -0.25) is 9.69 Å². The predicted molar refractivity (Wildman–Crippen MR) is 115 cm³/mol. The maximum absolute atomic E-state index is 13.3. The Bertz CT molecular complexity index is 1030. The Labute approximate surface area is 176 Å². The lowest BCUT2D eigenvalue weighted by Gasteiger charge is -2.40. The molecule has 1 aliphatic carbocycles. The summed E-state index contributed by atoms with van der Waals surface area (Å²) in [6, 6.07) is 10.7. The molecular formula is C24H27FN4O. The number of benzene rings is 1. The summed E-state index contributed by atoms with van der Waals surface area (Å²) < 4.78 is 15.1. The average molecular weight is 407 g/mol. The summed E-state index contributed by atoms with van der Waals surface area (Å²) >= 11 is 0. The van der Waals surface area contributed by atoms with Gasteiger partial charge >= 0.3 is 0 Å². The molecular weight excluding hydrogens is 379 g/mol. The molecule has 0 spiro atoms. The molecule has 0 unspecified atom stereocenters. The Morgan fingerprint density at radius 1 is 0.967 bits per heavy atom. The topological polar surface area (TPSA) is 40.9 Å². The van der Waals surface area contributed by atoms with Crippen molar-refractivity contribution in [2.24, 2.45) is 0 Å². The fourth-order valence-corrected chi connectivity index (χ4v) is 4.85. The van der Waals surface area contributed by atoms with Gasteiger partial charge in [-0.15, -0.1) is 0 Å². The SMILES string of the molecule is O=C(c1cccn2cc(-c3ccc(F)cc3)nc12)N1CCN(C2CCCCC2)CC1. The Kier molecular flexibility index (Phi) is 5.25. The second kappa shape index (κ2) is 8.19. The summed E-state index contributed by atoms with van der Waals surface area (Å²) in [5.74, 6) is -0.231. The molecule has 0 bridgehead atoms. The van der Waals surface area contributed by atoms with E-state index in [2.05, 4.69) is 4.90 Å². The zero-order valence-electron chi connectivity index (χ0n) is 17.1. The van der Waals surface area contributed by atoms with Gasteiger partial charge in [-0.05, 0) is 49.2 Å². The monoisotopic (exact) mass is 406 g/mol. The molecule has 0 atom stereocenters. The smallest absolute Gasteiger partial charge is 0.257 e. The van der Waals surface area contributed by atoms with Crippen LogP contribution in [-0.2, 0) is 0 Å². The summed E-state index contributed by atoms with van der Waals surface area (Å²) in [4.78, 5) is 22.5. The summed E-state index contributed by atoms with van der Waals surface area (Å²) in [6.07, 6.45) is 10.4. The minimum Gasteiger partial charge on any atom is -0.336 e. The van der Waals surface area contributed by atoms with Gasteiger partial charge in [-0.25, -0.2) is 9.37 Å². The molecule has 0 N–H and O–H groups in total. The van der Waals surface area contributed by atoms with E-state index < -0.39 is 0 Å². The number of hydrogen-bond donors (Lipinski definition) is 0. The predicted octanol–water partition coefficient (Wildman–Crippen LogP) is 4.23. The molecule has 2 aromatic heterocycles. The molecule has 30 heavy (non-hydrogen) atoms. The number of halogens is 1. The van der Waals surface area contributed by atoms with Crippen LogP contribution in [0, 0.1) is 5.82 Å². The second-order valence-corrected chi connectivity index (χ2v) is 8.41. The number of piperazine rings is 1. The minimum atomic E-state index is -0.272. The van der Waals surface area contributed by atoms with E-state index in [0.717, 1.165) is 37.4 Å². The summed E-state index contributed by atoms with van der Waals surface area (Å²) in [6.45, 7) is 3.44. The van der Waals surface area contributed by atoms with Crippen LogP contribution in [0.2, 0.25) is 0 Å². The van der Waals surface area contributed by atoms with Crippen LogP contribution in [0.3, 0.4) is 0 Å². The Hall–Kier alpha value is -2.73. The van der Waals surface area contributed by atoms with Crippen molar-refractivity contribution < 1.29 is 9.18 Å². The van der Waals surface area contributed by atoms with E-state index in [1.165, 1.54) is 44.2 Å². The molecule has 1 saturated carbocycles. The third-order valence-electron chi connectivity index (χ3n) is 6.55. The van der Waals surface area contributed by atoms with E-state index in [1.807, 2.05) is 33.8 Å². The zero-order valence-corrected chi connectivity index (χ0v) is 17.1. The van der Waals surface area contributed by atoms with Crippen LogP contribution < -0.4 is 0 Å². The third-order valence-corrected chi connectivity index (χ3v) is 6.55. The molecule has 3 aromatic rings. The first kappa shape index (κ1) is 19.2. The minimum absolute atomic E-state index is 0.0418. The number of carbonyl (C=O) groups is 1. The summed E-state index contributed by atoms with van der Waals surface area (Å²) in [7, 11) is 0. The van der Waals surface area contributed by atoms with Crippen LogP contribution in [-0.4, -0.2) is 57.3 Å². The molecule has 0 radical (unpaired) electrons. The largest absolute Gasteiger partial charge is 0.336 e. The second-order valence-electron chi connectivity index (χ2n) is 8.41. The zero-order chi connectivity index (χ0) is 20.5. The van der Waals surface area contributed by atoms with Crippen molar-refractivity contribution in [2.75, 3.05) is 26.2 Å². The van der Waals surface area contributed by atoms with Gasteiger partial charge in [0, 0.05) is 50.2 Å². The molecule has 1 aromatic carbocycles. The number of fused-ring (bicyclic) bond motifs is 1. The molecule has 1 saturated heterocycles. The van der Waals surface area contributed by atoms with E-state index in [1.54, 1.807) is 12.1 Å². The number of aromatic nitrogens is 2. The highest BCUT2D eigenvalue weighted by Gasteiger charge is 2.28. The molecule has 5 rings (SSSR count). The third kappa shape index (κ3) is 3.72.